The average molecular weight is 263 g/mol. The summed E-state index contributed by atoms with van der Waals surface area (Å²) in [6, 6.07) is 7.92. The molecule has 4 nitrogen and oxygen atoms in total. The van der Waals surface area contributed by atoms with Crippen LogP contribution in [0.1, 0.15) is 31.4 Å². The molecule has 0 aliphatic rings. The van der Waals surface area contributed by atoms with Crippen LogP contribution < -0.4 is 0 Å². The van der Waals surface area contributed by atoms with Crippen LogP contribution in [0.5, 0.6) is 0 Å². The van der Waals surface area contributed by atoms with Gasteiger partial charge in [0.05, 0.1) is 5.41 Å². The number of aryl methyl sites for hydroxylation is 1. The van der Waals surface area contributed by atoms with E-state index in [2.05, 4.69) is 0 Å². The maximum atomic E-state index is 12.0. The van der Waals surface area contributed by atoms with Crippen molar-refractivity contribution in [1.82, 2.24) is 4.90 Å². The molecule has 0 radical (unpaired) electrons. The molecular formula is C15H21NO3. The van der Waals surface area contributed by atoms with Crippen LogP contribution in [0, 0.1) is 12.3 Å². The van der Waals surface area contributed by atoms with Gasteiger partial charge in [0, 0.05) is 20.0 Å². The average Bonchev–Trinajstić information content (AvgIpc) is 2.28. The molecule has 0 spiro atoms. The fourth-order valence-electron chi connectivity index (χ4n) is 1.76. The minimum Gasteiger partial charge on any atom is -0.481 e. The molecule has 0 saturated heterocycles. The lowest BCUT2D eigenvalue weighted by molar-refractivity contribution is -0.151. The van der Waals surface area contributed by atoms with Crippen LogP contribution in [-0.4, -0.2) is 28.9 Å². The lowest BCUT2D eigenvalue weighted by atomic mass is 9.89. The molecule has 0 saturated carbocycles. The third-order valence-corrected chi connectivity index (χ3v) is 3.10. The van der Waals surface area contributed by atoms with E-state index in [0.29, 0.717) is 6.54 Å². The van der Waals surface area contributed by atoms with E-state index in [1.807, 2.05) is 31.2 Å². The summed E-state index contributed by atoms with van der Waals surface area (Å²) in [7, 11) is 1.70. The molecule has 1 aromatic rings. The van der Waals surface area contributed by atoms with Crippen LogP contribution in [0.15, 0.2) is 24.3 Å². The number of amides is 1. The zero-order valence-corrected chi connectivity index (χ0v) is 11.9. The summed E-state index contributed by atoms with van der Waals surface area (Å²) >= 11 is 0. The standard InChI is InChI=1S/C15H21NO3/c1-11-6-5-7-12(8-11)10-16(4)13(17)9-15(2,3)14(18)19/h5-8H,9-10H2,1-4H3,(H,18,19). The van der Waals surface area contributed by atoms with Gasteiger partial charge in [0.2, 0.25) is 5.91 Å². The molecule has 0 aliphatic carbocycles. The first kappa shape index (κ1) is 15.2. The quantitative estimate of drug-likeness (QED) is 0.887. The van der Waals surface area contributed by atoms with Crippen molar-refractivity contribution >= 4 is 11.9 Å². The van der Waals surface area contributed by atoms with Gasteiger partial charge in [-0.25, -0.2) is 0 Å². The van der Waals surface area contributed by atoms with E-state index in [-0.39, 0.29) is 12.3 Å². The Morgan fingerprint density at radius 1 is 1.32 bits per heavy atom. The minimum absolute atomic E-state index is 0.00461. The van der Waals surface area contributed by atoms with E-state index in [1.54, 1.807) is 25.8 Å². The Morgan fingerprint density at radius 2 is 1.95 bits per heavy atom. The monoisotopic (exact) mass is 263 g/mol. The molecule has 0 heterocycles. The smallest absolute Gasteiger partial charge is 0.309 e. The Kier molecular flexibility index (Phi) is 4.70. The van der Waals surface area contributed by atoms with Crippen molar-refractivity contribution < 1.29 is 14.7 Å². The number of carboxylic acid groups (broad SMARTS) is 1. The summed E-state index contributed by atoms with van der Waals surface area (Å²) in [5.41, 5.74) is 1.16. The number of hydrogen-bond acceptors (Lipinski definition) is 2. The number of benzene rings is 1. The maximum Gasteiger partial charge on any atom is 0.309 e. The maximum absolute atomic E-state index is 12.0. The topological polar surface area (TPSA) is 57.6 Å². The van der Waals surface area contributed by atoms with E-state index in [9.17, 15) is 9.59 Å². The molecule has 19 heavy (non-hydrogen) atoms. The lowest BCUT2D eigenvalue weighted by Crippen LogP contribution is -2.34. The van der Waals surface area contributed by atoms with Crippen LogP contribution in [0.3, 0.4) is 0 Å². The first-order valence-electron chi connectivity index (χ1n) is 6.25. The molecule has 0 atom stereocenters. The molecule has 0 bridgehead atoms. The molecule has 0 fully saturated rings. The predicted octanol–water partition coefficient (Wildman–Crippen LogP) is 2.45. The molecule has 0 aromatic heterocycles. The summed E-state index contributed by atoms with van der Waals surface area (Å²) in [6.07, 6.45) is 0.00461. The highest BCUT2D eigenvalue weighted by molar-refractivity contribution is 5.84. The third-order valence-electron chi connectivity index (χ3n) is 3.10. The van der Waals surface area contributed by atoms with Gasteiger partial charge in [-0.3, -0.25) is 9.59 Å². The Morgan fingerprint density at radius 3 is 2.47 bits per heavy atom. The van der Waals surface area contributed by atoms with Crippen LogP contribution in [-0.2, 0) is 16.1 Å². The highest BCUT2D eigenvalue weighted by Crippen LogP contribution is 2.22. The normalized spacial score (nSPS) is 11.2. The Hall–Kier alpha value is -1.84. The molecule has 104 valence electrons. The Labute approximate surface area is 114 Å². The van der Waals surface area contributed by atoms with Gasteiger partial charge in [0.25, 0.3) is 0 Å². The van der Waals surface area contributed by atoms with Crippen molar-refractivity contribution in [3.05, 3.63) is 35.4 Å². The highest BCUT2D eigenvalue weighted by Gasteiger charge is 2.31. The van der Waals surface area contributed by atoms with E-state index in [1.165, 1.54) is 0 Å². The van der Waals surface area contributed by atoms with Gasteiger partial charge < -0.3 is 10.0 Å². The van der Waals surface area contributed by atoms with E-state index >= 15 is 0 Å². The summed E-state index contributed by atoms with van der Waals surface area (Å²) in [5, 5.41) is 9.03. The molecule has 4 heteroatoms. The molecule has 1 rings (SSSR count). The first-order chi connectivity index (χ1) is 8.72. The van der Waals surface area contributed by atoms with Crippen molar-refractivity contribution in [2.24, 2.45) is 5.41 Å². The Bertz CT molecular complexity index is 480. The first-order valence-corrected chi connectivity index (χ1v) is 6.25. The van der Waals surface area contributed by atoms with Gasteiger partial charge in [-0.15, -0.1) is 0 Å². The van der Waals surface area contributed by atoms with Gasteiger partial charge in [0.1, 0.15) is 0 Å². The number of nitrogens with zero attached hydrogens (tertiary/aromatic N) is 1. The fraction of sp³-hybridized carbons (Fsp3) is 0.467. The molecule has 1 amide bonds. The van der Waals surface area contributed by atoms with Crippen molar-refractivity contribution in [3.63, 3.8) is 0 Å². The summed E-state index contributed by atoms with van der Waals surface area (Å²) in [4.78, 5) is 24.6. The second kappa shape index (κ2) is 5.87. The zero-order valence-electron chi connectivity index (χ0n) is 11.9. The molecular weight excluding hydrogens is 242 g/mol. The van der Waals surface area contributed by atoms with Gasteiger partial charge in [-0.2, -0.15) is 0 Å². The number of hydrogen-bond donors (Lipinski definition) is 1. The molecule has 0 unspecified atom stereocenters. The van der Waals surface area contributed by atoms with Gasteiger partial charge in [-0.05, 0) is 26.3 Å². The number of rotatable bonds is 5. The third kappa shape index (κ3) is 4.39. The molecule has 0 aliphatic heterocycles. The second-order valence-electron chi connectivity index (χ2n) is 5.60. The predicted molar refractivity (Wildman–Crippen MR) is 73.7 cm³/mol. The van der Waals surface area contributed by atoms with Crippen LogP contribution >= 0.6 is 0 Å². The van der Waals surface area contributed by atoms with Crippen LogP contribution in [0.4, 0.5) is 0 Å². The van der Waals surface area contributed by atoms with Crippen molar-refractivity contribution in [3.8, 4) is 0 Å². The number of aliphatic carboxylic acids is 1. The second-order valence-corrected chi connectivity index (χ2v) is 5.60. The van der Waals surface area contributed by atoms with Gasteiger partial charge >= 0.3 is 5.97 Å². The zero-order chi connectivity index (χ0) is 14.6. The Balaban J connectivity index is 2.66. The van der Waals surface area contributed by atoms with E-state index in [0.717, 1.165) is 11.1 Å². The number of carboxylic acids is 1. The minimum atomic E-state index is -1.03. The number of carbonyl (C=O) groups is 2. The largest absolute Gasteiger partial charge is 0.481 e. The van der Waals surface area contributed by atoms with Crippen molar-refractivity contribution in [2.45, 2.75) is 33.7 Å². The summed E-state index contributed by atoms with van der Waals surface area (Å²) < 4.78 is 0. The number of carbonyl (C=O) groups excluding carboxylic acids is 1. The summed E-state index contributed by atoms with van der Waals surface area (Å²) in [6.45, 7) is 5.62. The van der Waals surface area contributed by atoms with E-state index < -0.39 is 11.4 Å². The van der Waals surface area contributed by atoms with Crippen LogP contribution in [0.2, 0.25) is 0 Å². The van der Waals surface area contributed by atoms with Gasteiger partial charge in [0.15, 0.2) is 0 Å². The summed E-state index contributed by atoms with van der Waals surface area (Å²) in [5.74, 6) is -1.11. The van der Waals surface area contributed by atoms with Crippen molar-refractivity contribution in [1.29, 1.82) is 0 Å². The van der Waals surface area contributed by atoms with Crippen LogP contribution in [0.25, 0.3) is 0 Å². The SMILES string of the molecule is Cc1cccc(CN(C)C(=O)CC(C)(C)C(=O)O)c1. The molecule has 1 aromatic carbocycles. The molecule has 1 N–H and O–H groups in total. The van der Waals surface area contributed by atoms with Gasteiger partial charge in [-0.1, -0.05) is 29.8 Å². The highest BCUT2D eigenvalue weighted by atomic mass is 16.4. The van der Waals surface area contributed by atoms with E-state index in [4.69, 9.17) is 5.11 Å². The fourth-order valence-corrected chi connectivity index (χ4v) is 1.76. The lowest BCUT2D eigenvalue weighted by Gasteiger charge is -2.23. The van der Waals surface area contributed by atoms with Crippen molar-refractivity contribution in [2.75, 3.05) is 7.05 Å².